The average Bonchev–Trinajstić information content (AvgIpc) is 2.57. The van der Waals surface area contributed by atoms with Crippen LogP contribution < -0.4 is 10.7 Å². The van der Waals surface area contributed by atoms with Crippen LogP contribution in [0.1, 0.15) is 34.0 Å². The maximum Gasteiger partial charge on any atom is 0.259 e. The third kappa shape index (κ3) is 5.24. The van der Waals surface area contributed by atoms with E-state index in [1.807, 2.05) is 32.0 Å². The first-order valence-electron chi connectivity index (χ1n) is 7.81. The SMILES string of the molecule is CC(=NNC(=O)CNC(=O)c1cccc(F)c1)c1ccc(C)cc1C. The lowest BCUT2D eigenvalue weighted by molar-refractivity contribution is -0.120. The number of hydrogen-bond donors (Lipinski definition) is 2. The summed E-state index contributed by atoms with van der Waals surface area (Å²) in [6, 6.07) is 11.2. The molecule has 0 fully saturated rings. The second kappa shape index (κ2) is 8.19. The highest BCUT2D eigenvalue weighted by Crippen LogP contribution is 2.11. The van der Waals surface area contributed by atoms with Crippen LogP contribution >= 0.6 is 0 Å². The van der Waals surface area contributed by atoms with Gasteiger partial charge in [0.25, 0.3) is 11.8 Å². The maximum absolute atomic E-state index is 13.1. The summed E-state index contributed by atoms with van der Waals surface area (Å²) in [5.74, 6) is -1.50. The minimum Gasteiger partial charge on any atom is -0.343 e. The standard InChI is InChI=1S/C19H20FN3O2/c1-12-7-8-17(13(2)9-12)14(3)22-23-18(24)11-21-19(25)15-5-4-6-16(20)10-15/h4-10H,11H2,1-3H3,(H,21,25)(H,23,24). The van der Waals surface area contributed by atoms with Gasteiger partial charge in [-0.3, -0.25) is 9.59 Å². The van der Waals surface area contributed by atoms with Crippen LogP contribution in [0.3, 0.4) is 0 Å². The van der Waals surface area contributed by atoms with Gasteiger partial charge in [-0.05, 0) is 44.5 Å². The van der Waals surface area contributed by atoms with Gasteiger partial charge in [-0.2, -0.15) is 5.10 Å². The highest BCUT2D eigenvalue weighted by Gasteiger charge is 2.09. The summed E-state index contributed by atoms with van der Waals surface area (Å²) in [5, 5.41) is 6.48. The van der Waals surface area contributed by atoms with E-state index < -0.39 is 17.6 Å². The minimum atomic E-state index is -0.523. The van der Waals surface area contributed by atoms with E-state index in [2.05, 4.69) is 15.8 Å². The number of halogens is 1. The van der Waals surface area contributed by atoms with Gasteiger partial charge in [-0.25, -0.2) is 9.82 Å². The van der Waals surface area contributed by atoms with Crippen molar-refractivity contribution in [3.05, 3.63) is 70.5 Å². The molecule has 2 aromatic rings. The molecule has 0 aromatic heterocycles. The Bertz CT molecular complexity index is 831. The quantitative estimate of drug-likeness (QED) is 0.648. The normalized spacial score (nSPS) is 11.1. The second-order valence-corrected chi connectivity index (χ2v) is 5.74. The first kappa shape index (κ1) is 18.3. The molecular weight excluding hydrogens is 321 g/mol. The van der Waals surface area contributed by atoms with Gasteiger partial charge in [-0.15, -0.1) is 0 Å². The zero-order chi connectivity index (χ0) is 18.4. The number of amides is 2. The molecule has 0 aliphatic heterocycles. The number of nitrogens with one attached hydrogen (secondary N) is 2. The van der Waals surface area contributed by atoms with Gasteiger partial charge in [0, 0.05) is 11.1 Å². The Morgan fingerprint density at radius 1 is 1.12 bits per heavy atom. The fraction of sp³-hybridized carbons (Fsp3) is 0.211. The largest absolute Gasteiger partial charge is 0.343 e. The summed E-state index contributed by atoms with van der Waals surface area (Å²) in [7, 11) is 0. The van der Waals surface area contributed by atoms with Crippen LogP contribution in [0.25, 0.3) is 0 Å². The zero-order valence-corrected chi connectivity index (χ0v) is 14.4. The van der Waals surface area contributed by atoms with Crippen LogP contribution in [-0.2, 0) is 4.79 Å². The fourth-order valence-electron chi connectivity index (χ4n) is 2.36. The molecule has 0 aliphatic rings. The summed E-state index contributed by atoms with van der Waals surface area (Å²) in [6.07, 6.45) is 0. The Morgan fingerprint density at radius 3 is 2.56 bits per heavy atom. The molecular formula is C19H20FN3O2. The van der Waals surface area contributed by atoms with Gasteiger partial charge in [0.05, 0.1) is 12.3 Å². The first-order valence-corrected chi connectivity index (χ1v) is 7.81. The third-order valence-corrected chi connectivity index (χ3v) is 3.62. The van der Waals surface area contributed by atoms with Crippen molar-refractivity contribution in [1.29, 1.82) is 0 Å². The van der Waals surface area contributed by atoms with E-state index in [4.69, 9.17) is 0 Å². The number of nitrogens with zero attached hydrogens (tertiary/aromatic N) is 1. The predicted octanol–water partition coefficient (Wildman–Crippen LogP) is 2.71. The van der Waals surface area contributed by atoms with E-state index in [-0.39, 0.29) is 12.1 Å². The fourth-order valence-corrected chi connectivity index (χ4v) is 2.36. The van der Waals surface area contributed by atoms with Crippen LogP contribution in [0.4, 0.5) is 4.39 Å². The molecule has 5 nitrogen and oxygen atoms in total. The molecule has 0 aliphatic carbocycles. The number of carbonyl (C=O) groups is 2. The molecule has 0 saturated carbocycles. The molecule has 0 radical (unpaired) electrons. The highest BCUT2D eigenvalue weighted by molar-refractivity contribution is 6.01. The summed E-state index contributed by atoms with van der Waals surface area (Å²) in [5.41, 5.74) is 6.38. The van der Waals surface area contributed by atoms with Crippen LogP contribution in [-0.4, -0.2) is 24.1 Å². The average molecular weight is 341 g/mol. The van der Waals surface area contributed by atoms with E-state index in [0.29, 0.717) is 5.71 Å². The summed E-state index contributed by atoms with van der Waals surface area (Å²) in [4.78, 5) is 23.7. The van der Waals surface area contributed by atoms with Crippen LogP contribution in [0.15, 0.2) is 47.6 Å². The second-order valence-electron chi connectivity index (χ2n) is 5.74. The summed E-state index contributed by atoms with van der Waals surface area (Å²) in [6.45, 7) is 5.52. The number of rotatable bonds is 5. The van der Waals surface area contributed by atoms with Gasteiger partial charge in [0.1, 0.15) is 5.82 Å². The van der Waals surface area contributed by atoms with E-state index in [9.17, 15) is 14.0 Å². The van der Waals surface area contributed by atoms with E-state index in [0.717, 1.165) is 22.8 Å². The monoisotopic (exact) mass is 341 g/mol. The van der Waals surface area contributed by atoms with Gasteiger partial charge in [0.2, 0.25) is 0 Å². The molecule has 0 atom stereocenters. The Labute approximate surface area is 145 Å². The number of carbonyl (C=O) groups excluding carboxylic acids is 2. The molecule has 6 heteroatoms. The topological polar surface area (TPSA) is 70.6 Å². The molecule has 0 spiro atoms. The Kier molecular flexibility index (Phi) is 6.00. The molecule has 0 bridgehead atoms. The van der Waals surface area contributed by atoms with Crippen molar-refractivity contribution >= 4 is 17.5 Å². The zero-order valence-electron chi connectivity index (χ0n) is 14.4. The number of hydrazone groups is 1. The lowest BCUT2D eigenvalue weighted by Crippen LogP contribution is -2.35. The molecule has 0 unspecified atom stereocenters. The minimum absolute atomic E-state index is 0.155. The lowest BCUT2D eigenvalue weighted by Gasteiger charge is -2.08. The van der Waals surface area contributed by atoms with E-state index >= 15 is 0 Å². The van der Waals surface area contributed by atoms with Crippen molar-refractivity contribution in [2.24, 2.45) is 5.10 Å². The molecule has 2 aromatic carbocycles. The predicted molar refractivity (Wildman–Crippen MR) is 95.0 cm³/mol. The van der Waals surface area contributed by atoms with Crippen LogP contribution in [0.5, 0.6) is 0 Å². The van der Waals surface area contributed by atoms with Crippen molar-refractivity contribution in [1.82, 2.24) is 10.7 Å². The van der Waals surface area contributed by atoms with Gasteiger partial charge in [-0.1, -0.05) is 29.8 Å². The Morgan fingerprint density at radius 2 is 1.88 bits per heavy atom. The van der Waals surface area contributed by atoms with Crippen molar-refractivity contribution in [2.75, 3.05) is 6.54 Å². The van der Waals surface area contributed by atoms with Crippen molar-refractivity contribution in [2.45, 2.75) is 20.8 Å². The number of hydrogen-bond acceptors (Lipinski definition) is 3. The molecule has 2 amide bonds. The molecule has 2 N–H and O–H groups in total. The van der Waals surface area contributed by atoms with Gasteiger partial charge >= 0.3 is 0 Å². The summed E-state index contributed by atoms with van der Waals surface area (Å²) >= 11 is 0. The molecule has 130 valence electrons. The van der Waals surface area contributed by atoms with Crippen LogP contribution in [0.2, 0.25) is 0 Å². The van der Waals surface area contributed by atoms with Crippen LogP contribution in [0, 0.1) is 19.7 Å². The molecule has 25 heavy (non-hydrogen) atoms. The maximum atomic E-state index is 13.1. The molecule has 2 rings (SSSR count). The lowest BCUT2D eigenvalue weighted by atomic mass is 10.0. The smallest absolute Gasteiger partial charge is 0.259 e. The Balaban J connectivity index is 1.90. The third-order valence-electron chi connectivity index (χ3n) is 3.62. The van der Waals surface area contributed by atoms with Gasteiger partial charge in [0.15, 0.2) is 0 Å². The van der Waals surface area contributed by atoms with Gasteiger partial charge < -0.3 is 5.32 Å². The summed E-state index contributed by atoms with van der Waals surface area (Å²) < 4.78 is 13.1. The van der Waals surface area contributed by atoms with E-state index in [1.54, 1.807) is 6.92 Å². The Hall–Kier alpha value is -3.02. The van der Waals surface area contributed by atoms with Crippen molar-refractivity contribution in [3.8, 4) is 0 Å². The van der Waals surface area contributed by atoms with Crippen molar-refractivity contribution in [3.63, 3.8) is 0 Å². The number of benzene rings is 2. The number of aryl methyl sites for hydroxylation is 2. The highest BCUT2D eigenvalue weighted by atomic mass is 19.1. The molecule has 0 heterocycles. The first-order chi connectivity index (χ1) is 11.9. The van der Waals surface area contributed by atoms with E-state index in [1.165, 1.54) is 18.2 Å². The van der Waals surface area contributed by atoms with Crippen molar-refractivity contribution < 1.29 is 14.0 Å². The molecule has 0 saturated heterocycles.